The topological polar surface area (TPSA) is 37.3 Å². The van der Waals surface area contributed by atoms with Crippen molar-refractivity contribution in [2.24, 2.45) is 0 Å². The summed E-state index contributed by atoms with van der Waals surface area (Å²) >= 11 is 0. The molecule has 0 saturated heterocycles. The summed E-state index contributed by atoms with van der Waals surface area (Å²) in [6.07, 6.45) is -4.47. The fourth-order valence-electron chi connectivity index (χ4n) is 1.78. The number of halogens is 3. The van der Waals surface area contributed by atoms with Gasteiger partial charge in [0.15, 0.2) is 5.78 Å². The molecule has 0 fully saturated rings. The van der Waals surface area contributed by atoms with Crippen molar-refractivity contribution in [1.29, 1.82) is 0 Å². The van der Waals surface area contributed by atoms with Gasteiger partial charge in [-0.25, -0.2) is 0 Å². The van der Waals surface area contributed by atoms with Gasteiger partial charge >= 0.3 is 6.18 Å². The van der Waals surface area contributed by atoms with Crippen molar-refractivity contribution >= 4 is 5.78 Å². The number of phenolic OH excluding ortho intramolecular Hbond substituents is 1. The third kappa shape index (κ3) is 3.17. The average molecular weight is 280 g/mol. The number of benzene rings is 2. The van der Waals surface area contributed by atoms with Crippen LogP contribution in [0.25, 0.3) is 0 Å². The molecule has 5 heteroatoms. The van der Waals surface area contributed by atoms with Crippen LogP contribution < -0.4 is 0 Å². The third-order valence-electron chi connectivity index (χ3n) is 2.88. The Morgan fingerprint density at radius 1 is 1.00 bits per heavy atom. The molecule has 2 nitrogen and oxygen atoms in total. The molecule has 2 aromatic carbocycles. The summed E-state index contributed by atoms with van der Waals surface area (Å²) in [5, 5.41) is 9.56. The number of hydrogen-bond donors (Lipinski definition) is 1. The van der Waals surface area contributed by atoms with Gasteiger partial charge in [0.2, 0.25) is 0 Å². The average Bonchev–Trinajstić information content (AvgIpc) is 2.40. The van der Waals surface area contributed by atoms with Gasteiger partial charge in [-0.2, -0.15) is 13.2 Å². The monoisotopic (exact) mass is 280 g/mol. The highest BCUT2D eigenvalue weighted by molar-refractivity contribution is 5.97. The summed E-state index contributed by atoms with van der Waals surface area (Å²) in [4.78, 5) is 11.9. The van der Waals surface area contributed by atoms with E-state index in [-0.39, 0.29) is 23.5 Å². The Bertz CT molecular complexity index is 616. The highest BCUT2D eigenvalue weighted by atomic mass is 19.4. The van der Waals surface area contributed by atoms with Crippen LogP contribution in [0.3, 0.4) is 0 Å². The minimum atomic E-state index is -4.42. The first-order chi connectivity index (χ1) is 9.38. The van der Waals surface area contributed by atoms with Gasteiger partial charge in [-0.05, 0) is 18.2 Å². The normalized spacial score (nSPS) is 11.3. The number of aromatic hydroxyl groups is 1. The zero-order chi connectivity index (χ0) is 14.8. The summed E-state index contributed by atoms with van der Waals surface area (Å²) in [5.74, 6) is -0.354. The minimum absolute atomic E-state index is 0.00670. The molecule has 2 rings (SSSR count). The molecule has 1 N–H and O–H groups in total. The first-order valence-electron chi connectivity index (χ1n) is 5.85. The molecule has 0 spiro atoms. The van der Waals surface area contributed by atoms with Crippen LogP contribution >= 0.6 is 0 Å². The number of hydrogen-bond acceptors (Lipinski definition) is 2. The molecule has 0 aromatic heterocycles. The Hall–Kier alpha value is -2.30. The molecule has 0 aliphatic heterocycles. The molecule has 2 aromatic rings. The molecule has 0 saturated carbocycles. The molecular formula is C15H11F3O2. The molecule has 0 aliphatic carbocycles. The van der Waals surface area contributed by atoms with Crippen molar-refractivity contribution in [2.75, 3.05) is 0 Å². The van der Waals surface area contributed by atoms with E-state index in [1.807, 2.05) is 0 Å². The first-order valence-corrected chi connectivity index (χ1v) is 5.85. The van der Waals surface area contributed by atoms with Crippen LogP contribution in [0.2, 0.25) is 0 Å². The predicted molar refractivity (Wildman–Crippen MR) is 67.6 cm³/mol. The molecule has 0 unspecified atom stereocenters. The van der Waals surface area contributed by atoms with Crippen LogP contribution in [0, 0.1) is 0 Å². The van der Waals surface area contributed by atoms with Gasteiger partial charge in [-0.15, -0.1) is 0 Å². The summed E-state index contributed by atoms with van der Waals surface area (Å²) < 4.78 is 37.2. The molecule has 20 heavy (non-hydrogen) atoms. The van der Waals surface area contributed by atoms with Gasteiger partial charge < -0.3 is 5.11 Å². The lowest BCUT2D eigenvalue weighted by molar-refractivity contribution is -0.137. The van der Waals surface area contributed by atoms with Gasteiger partial charge in [-0.1, -0.05) is 30.3 Å². The Labute approximate surface area is 113 Å². The lowest BCUT2D eigenvalue weighted by Crippen LogP contribution is -2.07. The van der Waals surface area contributed by atoms with Crippen molar-refractivity contribution in [2.45, 2.75) is 12.6 Å². The fourth-order valence-corrected chi connectivity index (χ4v) is 1.78. The lowest BCUT2D eigenvalue weighted by Gasteiger charge is -2.07. The summed E-state index contributed by atoms with van der Waals surface area (Å²) in [6.45, 7) is 0. The van der Waals surface area contributed by atoms with Crippen LogP contribution in [0.4, 0.5) is 13.2 Å². The van der Waals surface area contributed by atoms with E-state index in [1.165, 1.54) is 6.07 Å². The quantitative estimate of drug-likeness (QED) is 0.867. The van der Waals surface area contributed by atoms with Crippen molar-refractivity contribution in [3.63, 3.8) is 0 Å². The lowest BCUT2D eigenvalue weighted by atomic mass is 10.0. The number of Topliss-reactive ketones (excluding diaryl/α,β-unsaturated/α-hetero) is 1. The van der Waals surface area contributed by atoms with Crippen molar-refractivity contribution in [3.05, 3.63) is 65.2 Å². The number of alkyl halides is 3. The number of rotatable bonds is 3. The van der Waals surface area contributed by atoms with E-state index in [0.717, 1.165) is 24.3 Å². The summed E-state index contributed by atoms with van der Waals surface area (Å²) in [7, 11) is 0. The van der Waals surface area contributed by atoms with Crippen LogP contribution in [0.15, 0.2) is 48.5 Å². The van der Waals surface area contributed by atoms with Crippen LogP contribution in [0.5, 0.6) is 5.75 Å². The van der Waals surface area contributed by atoms with Crippen LogP contribution in [-0.2, 0) is 12.6 Å². The summed E-state index contributed by atoms with van der Waals surface area (Å²) in [5.41, 5.74) is -0.171. The molecule has 0 radical (unpaired) electrons. The van der Waals surface area contributed by atoms with E-state index < -0.39 is 11.7 Å². The van der Waals surface area contributed by atoms with Crippen molar-refractivity contribution in [1.82, 2.24) is 0 Å². The van der Waals surface area contributed by atoms with Gasteiger partial charge in [0, 0.05) is 17.5 Å². The number of phenols is 1. The minimum Gasteiger partial charge on any atom is -0.508 e. The van der Waals surface area contributed by atoms with Gasteiger partial charge in [0.1, 0.15) is 5.75 Å². The fraction of sp³-hybridized carbons (Fsp3) is 0.133. The summed E-state index contributed by atoms with van der Waals surface area (Å²) in [6, 6.07) is 10.4. The maximum Gasteiger partial charge on any atom is 0.416 e. The Morgan fingerprint density at radius 2 is 1.60 bits per heavy atom. The van der Waals surface area contributed by atoms with E-state index in [0.29, 0.717) is 5.56 Å². The molecular weight excluding hydrogens is 269 g/mol. The number of ketones is 1. The largest absolute Gasteiger partial charge is 0.508 e. The van der Waals surface area contributed by atoms with E-state index in [4.69, 9.17) is 0 Å². The predicted octanol–water partition coefficient (Wildman–Crippen LogP) is 3.84. The highest BCUT2D eigenvalue weighted by Crippen LogP contribution is 2.29. The smallest absolute Gasteiger partial charge is 0.416 e. The second kappa shape index (κ2) is 5.36. The molecule has 0 amide bonds. The van der Waals surface area contributed by atoms with Gasteiger partial charge in [0.05, 0.1) is 5.56 Å². The standard InChI is InChI=1S/C15H11F3O2/c16-15(17,18)12-7-5-10(6-8-12)14(20)9-11-3-1-2-4-13(11)19/h1-8,19H,9H2. The van der Waals surface area contributed by atoms with E-state index >= 15 is 0 Å². The molecule has 0 bridgehead atoms. The zero-order valence-electron chi connectivity index (χ0n) is 10.3. The number of carbonyl (C=O) groups is 1. The second-order valence-corrected chi connectivity index (χ2v) is 4.30. The van der Waals surface area contributed by atoms with E-state index in [9.17, 15) is 23.1 Å². The SMILES string of the molecule is O=C(Cc1ccccc1O)c1ccc(C(F)(F)F)cc1. The van der Waals surface area contributed by atoms with Crippen LogP contribution in [0.1, 0.15) is 21.5 Å². The first kappa shape index (κ1) is 14.1. The van der Waals surface area contributed by atoms with Crippen LogP contribution in [-0.4, -0.2) is 10.9 Å². The third-order valence-corrected chi connectivity index (χ3v) is 2.88. The Kier molecular flexibility index (Phi) is 3.79. The maximum atomic E-state index is 12.4. The maximum absolute atomic E-state index is 12.4. The highest BCUT2D eigenvalue weighted by Gasteiger charge is 2.30. The molecule has 0 heterocycles. The Morgan fingerprint density at radius 3 is 2.15 bits per heavy atom. The van der Waals surface area contributed by atoms with Gasteiger partial charge in [0.25, 0.3) is 0 Å². The van der Waals surface area contributed by atoms with E-state index in [1.54, 1.807) is 18.2 Å². The van der Waals surface area contributed by atoms with Gasteiger partial charge in [-0.3, -0.25) is 4.79 Å². The molecule has 0 aliphatic rings. The second-order valence-electron chi connectivity index (χ2n) is 4.30. The van der Waals surface area contributed by atoms with Crippen molar-refractivity contribution < 1.29 is 23.1 Å². The van der Waals surface area contributed by atoms with Crippen molar-refractivity contribution in [3.8, 4) is 5.75 Å². The molecule has 104 valence electrons. The Balaban J connectivity index is 2.16. The molecule has 0 atom stereocenters. The number of para-hydroxylation sites is 1. The number of carbonyl (C=O) groups excluding carboxylic acids is 1. The zero-order valence-corrected chi connectivity index (χ0v) is 10.3. The van der Waals surface area contributed by atoms with E-state index in [2.05, 4.69) is 0 Å².